The van der Waals surface area contributed by atoms with Gasteiger partial charge in [-0.3, -0.25) is 4.79 Å². The smallest absolute Gasteiger partial charge is 0.221 e. The fraction of sp³-hybridized carbons (Fsp3) is 0.316. The van der Waals surface area contributed by atoms with Crippen LogP contribution in [0.4, 0.5) is 0 Å². The molecular formula is C19H23NO2. The molecule has 2 aromatic rings. The van der Waals surface area contributed by atoms with E-state index in [2.05, 4.69) is 29.6 Å². The summed E-state index contributed by atoms with van der Waals surface area (Å²) in [6.07, 6.45) is 0.433. The predicted octanol–water partition coefficient (Wildman–Crippen LogP) is 3.36. The lowest BCUT2D eigenvalue weighted by Crippen LogP contribution is -2.36. The van der Waals surface area contributed by atoms with Crippen LogP contribution in [-0.2, 0) is 9.53 Å². The van der Waals surface area contributed by atoms with Crippen LogP contribution in [0.1, 0.15) is 30.4 Å². The first-order chi connectivity index (χ1) is 10.7. The van der Waals surface area contributed by atoms with Crippen molar-refractivity contribution in [3.63, 3.8) is 0 Å². The van der Waals surface area contributed by atoms with Crippen molar-refractivity contribution in [2.45, 2.75) is 25.3 Å². The molecule has 0 aromatic heterocycles. The quantitative estimate of drug-likeness (QED) is 0.851. The minimum Gasteiger partial charge on any atom is -0.383 e. The molecule has 0 heterocycles. The summed E-state index contributed by atoms with van der Waals surface area (Å²) in [6.45, 7) is 2.47. The Bertz CT molecular complexity index is 529. The van der Waals surface area contributed by atoms with Crippen LogP contribution in [0.2, 0.25) is 0 Å². The van der Waals surface area contributed by atoms with E-state index >= 15 is 0 Å². The lowest BCUT2D eigenvalue weighted by Gasteiger charge is -2.19. The summed E-state index contributed by atoms with van der Waals surface area (Å²) in [5.74, 6) is 0.111. The maximum Gasteiger partial charge on any atom is 0.221 e. The molecule has 2 rings (SSSR count). The van der Waals surface area contributed by atoms with Gasteiger partial charge in [-0.25, -0.2) is 0 Å². The first-order valence-corrected chi connectivity index (χ1v) is 7.59. The van der Waals surface area contributed by atoms with Gasteiger partial charge < -0.3 is 10.1 Å². The molecule has 0 spiro atoms. The molecule has 0 aliphatic heterocycles. The average Bonchev–Trinajstić information content (AvgIpc) is 2.54. The van der Waals surface area contributed by atoms with Gasteiger partial charge in [0.05, 0.1) is 6.61 Å². The Kier molecular flexibility index (Phi) is 6.16. The third-order valence-electron chi connectivity index (χ3n) is 3.62. The molecule has 1 N–H and O–H groups in total. The van der Waals surface area contributed by atoms with E-state index in [-0.39, 0.29) is 17.9 Å². The number of carbonyl (C=O) groups is 1. The molecule has 0 aliphatic rings. The number of hydrogen-bond donors (Lipinski definition) is 1. The maximum atomic E-state index is 12.3. The van der Waals surface area contributed by atoms with Gasteiger partial charge in [-0.2, -0.15) is 0 Å². The number of benzene rings is 2. The van der Waals surface area contributed by atoms with Crippen LogP contribution >= 0.6 is 0 Å². The molecule has 0 saturated carbocycles. The number of hydrogen-bond acceptors (Lipinski definition) is 2. The summed E-state index contributed by atoms with van der Waals surface area (Å²) in [5, 5.41) is 2.99. The normalized spacial score (nSPS) is 12.1. The van der Waals surface area contributed by atoms with Crippen LogP contribution in [0, 0.1) is 0 Å². The van der Waals surface area contributed by atoms with E-state index in [9.17, 15) is 4.79 Å². The summed E-state index contributed by atoms with van der Waals surface area (Å²) in [5.41, 5.74) is 2.31. The molecular weight excluding hydrogens is 274 g/mol. The fourth-order valence-corrected chi connectivity index (χ4v) is 2.61. The molecule has 0 unspecified atom stereocenters. The van der Waals surface area contributed by atoms with Crippen molar-refractivity contribution in [3.05, 3.63) is 71.8 Å². The summed E-state index contributed by atoms with van der Waals surface area (Å²) < 4.78 is 5.06. The molecule has 2 aromatic carbocycles. The minimum atomic E-state index is 0.0182. The monoisotopic (exact) mass is 297 g/mol. The standard InChI is InChI=1S/C19H23NO2/c1-15(14-22-2)20-19(21)13-18(16-9-5-3-6-10-16)17-11-7-4-8-12-17/h3-12,15,18H,13-14H2,1-2H3,(H,20,21)/t15-/m1/s1. The highest BCUT2D eigenvalue weighted by Gasteiger charge is 2.18. The van der Waals surface area contributed by atoms with Gasteiger partial charge in [-0.1, -0.05) is 60.7 Å². The Morgan fingerprint density at radius 1 is 1.00 bits per heavy atom. The molecule has 0 bridgehead atoms. The first kappa shape index (κ1) is 16.2. The second-order valence-corrected chi connectivity index (χ2v) is 5.50. The third-order valence-corrected chi connectivity index (χ3v) is 3.62. The predicted molar refractivity (Wildman–Crippen MR) is 88.8 cm³/mol. The van der Waals surface area contributed by atoms with Crippen molar-refractivity contribution < 1.29 is 9.53 Å². The van der Waals surface area contributed by atoms with Crippen molar-refractivity contribution in [1.82, 2.24) is 5.32 Å². The van der Waals surface area contributed by atoms with Gasteiger partial charge in [0, 0.05) is 25.5 Å². The van der Waals surface area contributed by atoms with Gasteiger partial charge in [-0.05, 0) is 18.1 Å². The van der Waals surface area contributed by atoms with E-state index in [0.29, 0.717) is 13.0 Å². The van der Waals surface area contributed by atoms with Gasteiger partial charge in [0.1, 0.15) is 0 Å². The minimum absolute atomic E-state index is 0.0182. The number of amides is 1. The van der Waals surface area contributed by atoms with Crippen molar-refractivity contribution in [1.29, 1.82) is 0 Å². The molecule has 1 atom stereocenters. The Hall–Kier alpha value is -2.13. The van der Waals surface area contributed by atoms with Crippen LogP contribution < -0.4 is 5.32 Å². The second-order valence-electron chi connectivity index (χ2n) is 5.50. The highest BCUT2D eigenvalue weighted by atomic mass is 16.5. The van der Waals surface area contributed by atoms with Crippen molar-refractivity contribution >= 4 is 5.91 Å². The first-order valence-electron chi connectivity index (χ1n) is 7.59. The van der Waals surface area contributed by atoms with Crippen molar-refractivity contribution in [2.24, 2.45) is 0 Å². The zero-order valence-corrected chi connectivity index (χ0v) is 13.2. The summed E-state index contributed by atoms with van der Waals surface area (Å²) in [6, 6.07) is 20.3. The Morgan fingerprint density at radius 2 is 1.50 bits per heavy atom. The van der Waals surface area contributed by atoms with Gasteiger partial charge >= 0.3 is 0 Å². The van der Waals surface area contributed by atoms with E-state index in [1.165, 1.54) is 0 Å². The average molecular weight is 297 g/mol. The largest absolute Gasteiger partial charge is 0.383 e. The summed E-state index contributed by atoms with van der Waals surface area (Å²) in [4.78, 5) is 12.3. The molecule has 0 fully saturated rings. The van der Waals surface area contributed by atoms with Crippen LogP contribution in [0.5, 0.6) is 0 Å². The van der Waals surface area contributed by atoms with Crippen molar-refractivity contribution in [3.8, 4) is 0 Å². The van der Waals surface area contributed by atoms with E-state index in [1.54, 1.807) is 7.11 Å². The van der Waals surface area contributed by atoms with Gasteiger partial charge in [0.25, 0.3) is 0 Å². The zero-order chi connectivity index (χ0) is 15.8. The molecule has 0 radical (unpaired) electrons. The second kappa shape index (κ2) is 8.35. The molecule has 3 heteroatoms. The molecule has 0 aliphatic carbocycles. The van der Waals surface area contributed by atoms with Crippen LogP contribution in [0.15, 0.2) is 60.7 Å². The summed E-state index contributed by atoms with van der Waals surface area (Å²) >= 11 is 0. The molecule has 116 valence electrons. The van der Waals surface area contributed by atoms with Crippen LogP contribution in [0.25, 0.3) is 0 Å². The Morgan fingerprint density at radius 3 is 1.95 bits per heavy atom. The number of methoxy groups -OCH3 is 1. The van der Waals surface area contributed by atoms with E-state index < -0.39 is 0 Å². The lowest BCUT2D eigenvalue weighted by molar-refractivity contribution is -0.122. The van der Waals surface area contributed by atoms with Gasteiger partial charge in [0.2, 0.25) is 5.91 Å². The maximum absolute atomic E-state index is 12.3. The molecule has 22 heavy (non-hydrogen) atoms. The van der Waals surface area contributed by atoms with E-state index in [1.807, 2.05) is 43.3 Å². The highest BCUT2D eigenvalue weighted by molar-refractivity contribution is 5.77. The number of rotatable bonds is 7. The van der Waals surface area contributed by atoms with Gasteiger partial charge in [0.15, 0.2) is 0 Å². The number of carbonyl (C=O) groups excluding carboxylic acids is 1. The van der Waals surface area contributed by atoms with Gasteiger partial charge in [-0.15, -0.1) is 0 Å². The fourth-order valence-electron chi connectivity index (χ4n) is 2.61. The zero-order valence-electron chi connectivity index (χ0n) is 13.2. The van der Waals surface area contributed by atoms with E-state index in [0.717, 1.165) is 11.1 Å². The SMILES string of the molecule is COC[C@@H](C)NC(=O)CC(c1ccccc1)c1ccccc1. The topological polar surface area (TPSA) is 38.3 Å². The van der Waals surface area contributed by atoms with E-state index in [4.69, 9.17) is 4.74 Å². The summed E-state index contributed by atoms with van der Waals surface area (Å²) in [7, 11) is 1.64. The molecule has 1 amide bonds. The van der Waals surface area contributed by atoms with Crippen LogP contribution in [0.3, 0.4) is 0 Å². The van der Waals surface area contributed by atoms with Crippen molar-refractivity contribution in [2.75, 3.05) is 13.7 Å². The Labute approximate surface area is 132 Å². The molecule has 0 saturated heterocycles. The molecule has 3 nitrogen and oxygen atoms in total. The highest BCUT2D eigenvalue weighted by Crippen LogP contribution is 2.27. The Balaban J connectivity index is 2.14. The lowest BCUT2D eigenvalue weighted by atomic mass is 9.88. The number of ether oxygens (including phenoxy) is 1. The third kappa shape index (κ3) is 4.71. The van der Waals surface area contributed by atoms with Crippen LogP contribution in [-0.4, -0.2) is 25.7 Å². The number of nitrogens with one attached hydrogen (secondary N) is 1.